The van der Waals surface area contributed by atoms with E-state index < -0.39 is 0 Å². The van der Waals surface area contributed by atoms with Crippen LogP contribution < -0.4 is 9.64 Å². The molecule has 15 heavy (non-hydrogen) atoms. The Morgan fingerprint density at radius 3 is 2.93 bits per heavy atom. The van der Waals surface area contributed by atoms with Crippen LogP contribution in [0.4, 0.5) is 5.82 Å². The second-order valence-corrected chi connectivity index (χ2v) is 3.36. The summed E-state index contributed by atoms with van der Waals surface area (Å²) < 4.78 is 5.04. The Bertz CT molecular complexity index is 359. The highest BCUT2D eigenvalue weighted by Gasteiger charge is 2.10. The highest BCUT2D eigenvalue weighted by atomic mass is 16.5. The summed E-state index contributed by atoms with van der Waals surface area (Å²) in [6.45, 7) is 1.99. The van der Waals surface area contributed by atoms with E-state index in [-0.39, 0.29) is 6.04 Å². The van der Waals surface area contributed by atoms with Crippen LogP contribution in [0, 0.1) is 11.3 Å². The Morgan fingerprint density at radius 2 is 2.33 bits per heavy atom. The Kier molecular flexibility index (Phi) is 3.92. The third-order valence-corrected chi connectivity index (χ3v) is 2.33. The van der Waals surface area contributed by atoms with Gasteiger partial charge in [-0.1, -0.05) is 6.07 Å². The van der Waals surface area contributed by atoms with Crippen molar-refractivity contribution in [2.75, 3.05) is 19.1 Å². The molecule has 1 rings (SSSR count). The average Bonchev–Trinajstić information content (AvgIpc) is 2.28. The first-order chi connectivity index (χ1) is 7.19. The van der Waals surface area contributed by atoms with Crippen molar-refractivity contribution in [3.8, 4) is 11.9 Å². The minimum Gasteiger partial charge on any atom is -0.481 e. The lowest BCUT2D eigenvalue weighted by Gasteiger charge is -2.24. The zero-order valence-electron chi connectivity index (χ0n) is 9.27. The van der Waals surface area contributed by atoms with Crippen LogP contribution in [0.5, 0.6) is 5.88 Å². The molecule has 0 saturated heterocycles. The van der Waals surface area contributed by atoms with Gasteiger partial charge in [-0.15, -0.1) is 0 Å². The van der Waals surface area contributed by atoms with E-state index in [0.29, 0.717) is 12.3 Å². The van der Waals surface area contributed by atoms with Gasteiger partial charge in [0.1, 0.15) is 5.82 Å². The third-order valence-electron chi connectivity index (χ3n) is 2.33. The van der Waals surface area contributed by atoms with E-state index in [1.807, 2.05) is 31.0 Å². The molecule has 0 bridgehead atoms. The number of anilines is 1. The summed E-state index contributed by atoms with van der Waals surface area (Å²) in [4.78, 5) is 6.25. The molecule has 0 aromatic carbocycles. The number of hydrogen-bond acceptors (Lipinski definition) is 4. The number of ether oxygens (including phenoxy) is 1. The molecule has 0 aliphatic carbocycles. The predicted molar refractivity (Wildman–Crippen MR) is 58.9 cm³/mol. The van der Waals surface area contributed by atoms with Crippen molar-refractivity contribution < 1.29 is 4.74 Å². The van der Waals surface area contributed by atoms with E-state index in [0.717, 1.165) is 5.82 Å². The van der Waals surface area contributed by atoms with Crippen LogP contribution in [0.3, 0.4) is 0 Å². The van der Waals surface area contributed by atoms with Crippen molar-refractivity contribution in [2.45, 2.75) is 19.4 Å². The van der Waals surface area contributed by atoms with Gasteiger partial charge < -0.3 is 9.64 Å². The van der Waals surface area contributed by atoms with Crippen LogP contribution in [0.25, 0.3) is 0 Å². The number of aromatic nitrogens is 1. The lowest BCUT2D eigenvalue weighted by atomic mass is 10.2. The number of nitriles is 1. The smallest absolute Gasteiger partial charge is 0.214 e. The quantitative estimate of drug-likeness (QED) is 0.752. The number of methoxy groups -OCH3 is 1. The van der Waals surface area contributed by atoms with E-state index in [9.17, 15) is 0 Å². The van der Waals surface area contributed by atoms with Crippen LogP contribution in [0.1, 0.15) is 13.3 Å². The van der Waals surface area contributed by atoms with Gasteiger partial charge in [-0.25, -0.2) is 0 Å². The van der Waals surface area contributed by atoms with Crippen molar-refractivity contribution in [3.63, 3.8) is 0 Å². The lowest BCUT2D eigenvalue weighted by molar-refractivity contribution is 0.397. The number of pyridine rings is 1. The monoisotopic (exact) mass is 205 g/mol. The third kappa shape index (κ3) is 2.84. The maximum atomic E-state index is 8.61. The summed E-state index contributed by atoms with van der Waals surface area (Å²) >= 11 is 0. The minimum absolute atomic E-state index is 0.148. The van der Waals surface area contributed by atoms with Gasteiger partial charge in [-0.05, 0) is 13.0 Å². The molecule has 1 unspecified atom stereocenters. The van der Waals surface area contributed by atoms with Crippen LogP contribution in [-0.2, 0) is 0 Å². The van der Waals surface area contributed by atoms with E-state index in [1.165, 1.54) is 0 Å². The van der Waals surface area contributed by atoms with E-state index in [4.69, 9.17) is 10.00 Å². The molecule has 1 aromatic rings. The summed E-state index contributed by atoms with van der Waals surface area (Å²) in [5.74, 6) is 1.40. The van der Waals surface area contributed by atoms with Crippen LogP contribution in [-0.4, -0.2) is 25.2 Å². The van der Waals surface area contributed by atoms with Gasteiger partial charge in [-0.2, -0.15) is 10.2 Å². The van der Waals surface area contributed by atoms with E-state index in [2.05, 4.69) is 11.1 Å². The molecule has 0 N–H and O–H groups in total. The summed E-state index contributed by atoms with van der Waals surface area (Å²) in [5, 5.41) is 8.61. The van der Waals surface area contributed by atoms with Gasteiger partial charge in [0.25, 0.3) is 0 Å². The summed E-state index contributed by atoms with van der Waals surface area (Å²) in [7, 11) is 3.51. The molecule has 0 radical (unpaired) electrons. The van der Waals surface area contributed by atoms with Gasteiger partial charge in [-0.3, -0.25) is 0 Å². The van der Waals surface area contributed by atoms with Gasteiger partial charge in [0.05, 0.1) is 19.6 Å². The first-order valence-corrected chi connectivity index (χ1v) is 4.80. The molecule has 0 saturated carbocycles. The van der Waals surface area contributed by atoms with Crippen LogP contribution in [0.2, 0.25) is 0 Å². The number of nitrogens with zero attached hydrogens (tertiary/aromatic N) is 3. The van der Waals surface area contributed by atoms with Gasteiger partial charge in [0, 0.05) is 19.2 Å². The zero-order valence-corrected chi connectivity index (χ0v) is 9.27. The second-order valence-electron chi connectivity index (χ2n) is 3.36. The fourth-order valence-electron chi connectivity index (χ4n) is 1.21. The van der Waals surface area contributed by atoms with Gasteiger partial charge in [0.2, 0.25) is 5.88 Å². The van der Waals surface area contributed by atoms with Crippen LogP contribution in [0.15, 0.2) is 18.2 Å². The van der Waals surface area contributed by atoms with Crippen molar-refractivity contribution >= 4 is 5.82 Å². The standard InChI is InChI=1S/C11H15N3O/c1-9(7-8-12)14(2)10-5-4-6-11(13-10)15-3/h4-6,9H,7H2,1-3H3. The highest BCUT2D eigenvalue weighted by molar-refractivity contribution is 5.40. The Balaban J connectivity index is 2.81. The molecule has 0 aliphatic heterocycles. The first kappa shape index (κ1) is 11.3. The molecule has 1 heterocycles. The number of hydrogen-bond donors (Lipinski definition) is 0. The van der Waals surface area contributed by atoms with E-state index in [1.54, 1.807) is 13.2 Å². The van der Waals surface area contributed by atoms with Gasteiger partial charge >= 0.3 is 0 Å². The van der Waals surface area contributed by atoms with Crippen molar-refractivity contribution in [2.24, 2.45) is 0 Å². The summed E-state index contributed by atoms with van der Waals surface area (Å²) in [5.41, 5.74) is 0. The summed E-state index contributed by atoms with van der Waals surface area (Å²) in [6, 6.07) is 7.88. The topological polar surface area (TPSA) is 49.1 Å². The molecular weight excluding hydrogens is 190 g/mol. The second kappa shape index (κ2) is 5.20. The molecule has 0 fully saturated rings. The molecule has 1 atom stereocenters. The highest BCUT2D eigenvalue weighted by Crippen LogP contribution is 2.17. The first-order valence-electron chi connectivity index (χ1n) is 4.80. The molecule has 0 amide bonds. The van der Waals surface area contributed by atoms with Crippen molar-refractivity contribution in [1.29, 1.82) is 5.26 Å². The molecule has 1 aromatic heterocycles. The minimum atomic E-state index is 0.148. The maximum Gasteiger partial charge on any atom is 0.214 e. The molecule has 0 aliphatic rings. The van der Waals surface area contributed by atoms with Crippen molar-refractivity contribution in [3.05, 3.63) is 18.2 Å². The molecule has 0 spiro atoms. The SMILES string of the molecule is COc1cccc(N(C)C(C)CC#N)n1. The number of rotatable bonds is 4. The lowest BCUT2D eigenvalue weighted by Crippen LogP contribution is -2.29. The molecule has 4 nitrogen and oxygen atoms in total. The van der Waals surface area contributed by atoms with Crippen molar-refractivity contribution in [1.82, 2.24) is 4.98 Å². The van der Waals surface area contributed by atoms with Gasteiger partial charge in [0.15, 0.2) is 0 Å². The Labute approximate surface area is 90.1 Å². The molecular formula is C11H15N3O. The normalized spacial score (nSPS) is 11.6. The maximum absolute atomic E-state index is 8.61. The Morgan fingerprint density at radius 1 is 1.60 bits per heavy atom. The largest absolute Gasteiger partial charge is 0.481 e. The molecule has 80 valence electrons. The van der Waals surface area contributed by atoms with Crippen LogP contribution >= 0.6 is 0 Å². The zero-order chi connectivity index (χ0) is 11.3. The molecule has 4 heteroatoms. The Hall–Kier alpha value is -1.76. The van der Waals surface area contributed by atoms with E-state index >= 15 is 0 Å². The summed E-state index contributed by atoms with van der Waals surface area (Å²) in [6.07, 6.45) is 0.482. The predicted octanol–water partition coefficient (Wildman–Crippen LogP) is 1.83. The average molecular weight is 205 g/mol. The fraction of sp³-hybridized carbons (Fsp3) is 0.455. The fourth-order valence-corrected chi connectivity index (χ4v) is 1.21.